The lowest BCUT2D eigenvalue weighted by Crippen LogP contribution is -2.00. The van der Waals surface area contributed by atoms with E-state index in [1.54, 1.807) is 0 Å². The Bertz CT molecular complexity index is 771. The van der Waals surface area contributed by atoms with Crippen molar-refractivity contribution in [2.75, 3.05) is 5.75 Å². The lowest BCUT2D eigenvalue weighted by atomic mass is 10.1. The van der Waals surface area contributed by atoms with Gasteiger partial charge in [0.1, 0.15) is 11.5 Å². The quantitative estimate of drug-likeness (QED) is 0.332. The highest BCUT2D eigenvalue weighted by atomic mass is 32.2. The summed E-state index contributed by atoms with van der Waals surface area (Å²) in [5.74, 6) is 1.41. The van der Waals surface area contributed by atoms with Crippen molar-refractivity contribution in [1.82, 2.24) is 4.98 Å². The third-order valence-corrected chi connectivity index (χ3v) is 4.99. The van der Waals surface area contributed by atoms with Gasteiger partial charge in [-0.2, -0.15) is 0 Å². The van der Waals surface area contributed by atoms with E-state index in [1.165, 1.54) is 11.8 Å². The maximum absolute atomic E-state index is 12.0. The molecular formula is C22H23NO2S. The summed E-state index contributed by atoms with van der Waals surface area (Å²) >= 11 is 1.38. The van der Waals surface area contributed by atoms with Crippen LogP contribution in [0.15, 0.2) is 70.3 Å². The largest absolute Gasteiger partial charge is 0.431 e. The molecule has 0 radical (unpaired) electrons. The summed E-state index contributed by atoms with van der Waals surface area (Å²) in [6.07, 6.45) is 3.83. The van der Waals surface area contributed by atoms with Gasteiger partial charge < -0.3 is 4.42 Å². The van der Waals surface area contributed by atoms with Gasteiger partial charge in [-0.15, -0.1) is 0 Å². The van der Waals surface area contributed by atoms with E-state index < -0.39 is 0 Å². The Morgan fingerprint density at radius 1 is 0.962 bits per heavy atom. The van der Waals surface area contributed by atoms with Gasteiger partial charge in [0.15, 0.2) is 5.76 Å². The van der Waals surface area contributed by atoms with Crippen LogP contribution in [0, 0.1) is 0 Å². The zero-order chi connectivity index (χ0) is 18.2. The third-order valence-electron chi connectivity index (χ3n) is 4.11. The van der Waals surface area contributed by atoms with Crippen LogP contribution in [-0.2, 0) is 4.79 Å². The molecule has 0 atom stereocenters. The van der Waals surface area contributed by atoms with Crippen molar-refractivity contribution in [2.45, 2.75) is 37.8 Å². The first-order valence-electron chi connectivity index (χ1n) is 9.04. The van der Waals surface area contributed by atoms with Gasteiger partial charge in [0, 0.05) is 17.5 Å². The molecule has 0 bridgehead atoms. The molecule has 4 heteroatoms. The van der Waals surface area contributed by atoms with Crippen molar-refractivity contribution in [3.05, 3.63) is 60.7 Å². The number of rotatable bonds is 9. The summed E-state index contributed by atoms with van der Waals surface area (Å²) in [7, 11) is 0. The van der Waals surface area contributed by atoms with Crippen molar-refractivity contribution in [1.29, 1.82) is 0 Å². The Morgan fingerprint density at radius 2 is 1.62 bits per heavy atom. The average Bonchev–Trinajstić information content (AvgIpc) is 3.12. The van der Waals surface area contributed by atoms with Gasteiger partial charge in [-0.1, -0.05) is 92.2 Å². The predicted molar refractivity (Wildman–Crippen MR) is 107 cm³/mol. The SMILES string of the molecule is CCCCCC(=O)CSc1nc(-c2ccccc2)c(-c2ccccc2)o1. The number of Topliss-reactive ketones (excluding diaryl/α,β-unsaturated/α-hetero) is 1. The topological polar surface area (TPSA) is 43.1 Å². The van der Waals surface area contributed by atoms with Gasteiger partial charge in [-0.3, -0.25) is 4.79 Å². The fourth-order valence-corrected chi connectivity index (χ4v) is 3.45. The van der Waals surface area contributed by atoms with Gasteiger partial charge in [0.25, 0.3) is 5.22 Å². The Balaban J connectivity index is 1.80. The molecule has 0 unspecified atom stereocenters. The number of carbonyl (C=O) groups excluding carboxylic acids is 1. The van der Waals surface area contributed by atoms with E-state index in [0.717, 1.165) is 41.8 Å². The zero-order valence-electron chi connectivity index (χ0n) is 15.0. The molecule has 26 heavy (non-hydrogen) atoms. The van der Waals surface area contributed by atoms with Crippen LogP contribution in [0.25, 0.3) is 22.6 Å². The number of carbonyl (C=O) groups is 1. The van der Waals surface area contributed by atoms with E-state index in [1.807, 2.05) is 60.7 Å². The van der Waals surface area contributed by atoms with Crippen LogP contribution in [0.5, 0.6) is 0 Å². The lowest BCUT2D eigenvalue weighted by molar-refractivity contribution is -0.116. The summed E-state index contributed by atoms with van der Waals surface area (Å²) in [6, 6.07) is 20.0. The minimum atomic E-state index is 0.254. The molecule has 0 spiro atoms. The zero-order valence-corrected chi connectivity index (χ0v) is 15.8. The smallest absolute Gasteiger partial charge is 0.257 e. The summed E-state index contributed by atoms with van der Waals surface area (Å²) in [4.78, 5) is 16.7. The summed E-state index contributed by atoms with van der Waals surface area (Å²) < 4.78 is 6.03. The van der Waals surface area contributed by atoms with E-state index in [-0.39, 0.29) is 5.78 Å². The molecule has 0 aliphatic heterocycles. The fraction of sp³-hybridized carbons (Fsp3) is 0.273. The summed E-state index contributed by atoms with van der Waals surface area (Å²) in [5.41, 5.74) is 2.81. The van der Waals surface area contributed by atoms with Crippen LogP contribution >= 0.6 is 11.8 Å². The Hall–Kier alpha value is -2.33. The van der Waals surface area contributed by atoms with Crippen LogP contribution in [0.2, 0.25) is 0 Å². The van der Waals surface area contributed by atoms with E-state index in [9.17, 15) is 4.79 Å². The number of benzene rings is 2. The monoisotopic (exact) mass is 365 g/mol. The number of ketones is 1. The second-order valence-electron chi connectivity index (χ2n) is 6.17. The summed E-state index contributed by atoms with van der Waals surface area (Å²) in [5, 5.41) is 0.548. The average molecular weight is 365 g/mol. The van der Waals surface area contributed by atoms with E-state index in [2.05, 4.69) is 11.9 Å². The highest BCUT2D eigenvalue weighted by Crippen LogP contribution is 2.35. The molecule has 0 aliphatic rings. The number of oxazole rings is 1. The first-order valence-corrected chi connectivity index (χ1v) is 10.0. The normalized spacial score (nSPS) is 10.8. The maximum Gasteiger partial charge on any atom is 0.257 e. The third kappa shape index (κ3) is 4.85. The van der Waals surface area contributed by atoms with E-state index in [0.29, 0.717) is 17.4 Å². The maximum atomic E-state index is 12.0. The van der Waals surface area contributed by atoms with Crippen molar-refractivity contribution in [2.24, 2.45) is 0 Å². The van der Waals surface area contributed by atoms with Gasteiger partial charge in [-0.25, -0.2) is 4.98 Å². The molecule has 0 fully saturated rings. The molecule has 3 rings (SSSR count). The molecule has 3 nitrogen and oxygen atoms in total. The number of thioether (sulfide) groups is 1. The van der Waals surface area contributed by atoms with Crippen molar-refractivity contribution < 1.29 is 9.21 Å². The number of hydrogen-bond acceptors (Lipinski definition) is 4. The van der Waals surface area contributed by atoms with Crippen LogP contribution in [-0.4, -0.2) is 16.5 Å². The summed E-state index contributed by atoms with van der Waals surface area (Å²) in [6.45, 7) is 2.14. The van der Waals surface area contributed by atoms with Crippen molar-refractivity contribution in [3.63, 3.8) is 0 Å². The van der Waals surface area contributed by atoms with Gasteiger partial charge in [0.2, 0.25) is 0 Å². The minimum Gasteiger partial charge on any atom is -0.431 e. The van der Waals surface area contributed by atoms with Gasteiger partial charge in [0.05, 0.1) is 5.75 Å². The molecule has 0 saturated heterocycles. The van der Waals surface area contributed by atoms with Crippen molar-refractivity contribution in [3.8, 4) is 22.6 Å². The molecule has 134 valence electrons. The second kappa shape index (κ2) is 9.39. The molecule has 0 saturated carbocycles. The highest BCUT2D eigenvalue weighted by molar-refractivity contribution is 7.99. The number of hydrogen-bond donors (Lipinski definition) is 0. The number of nitrogens with zero attached hydrogens (tertiary/aromatic N) is 1. The molecule has 0 N–H and O–H groups in total. The standard InChI is InChI=1S/C22H23NO2S/c1-2-3-6-15-19(24)16-26-22-23-20(17-11-7-4-8-12-17)21(25-22)18-13-9-5-10-14-18/h4-5,7-14H,2-3,6,15-16H2,1H3. The van der Waals surface area contributed by atoms with E-state index in [4.69, 9.17) is 4.42 Å². The van der Waals surface area contributed by atoms with Crippen LogP contribution in [0.1, 0.15) is 32.6 Å². The van der Waals surface area contributed by atoms with E-state index >= 15 is 0 Å². The second-order valence-corrected chi connectivity index (χ2v) is 7.10. The molecule has 0 aliphatic carbocycles. The van der Waals surface area contributed by atoms with Crippen LogP contribution in [0.3, 0.4) is 0 Å². The van der Waals surface area contributed by atoms with Gasteiger partial charge in [-0.05, 0) is 6.42 Å². The molecule has 3 aromatic rings. The molecular weight excluding hydrogens is 342 g/mol. The minimum absolute atomic E-state index is 0.254. The number of unbranched alkanes of at least 4 members (excludes halogenated alkanes) is 2. The first-order chi connectivity index (χ1) is 12.8. The number of aromatic nitrogens is 1. The van der Waals surface area contributed by atoms with Crippen LogP contribution < -0.4 is 0 Å². The highest BCUT2D eigenvalue weighted by Gasteiger charge is 2.17. The Kier molecular flexibility index (Phi) is 6.67. The molecule has 2 aromatic carbocycles. The molecule has 1 aromatic heterocycles. The van der Waals surface area contributed by atoms with Crippen molar-refractivity contribution >= 4 is 17.5 Å². The molecule has 1 heterocycles. The Morgan fingerprint density at radius 3 is 2.27 bits per heavy atom. The van der Waals surface area contributed by atoms with Crippen LogP contribution in [0.4, 0.5) is 0 Å². The fourth-order valence-electron chi connectivity index (χ4n) is 2.73. The Labute approximate surface area is 158 Å². The predicted octanol–water partition coefficient (Wildman–Crippen LogP) is 6.25. The molecule has 0 amide bonds. The first kappa shape index (κ1) is 18.5. The van der Waals surface area contributed by atoms with Gasteiger partial charge >= 0.3 is 0 Å². The lowest BCUT2D eigenvalue weighted by Gasteiger charge is -2.00.